The third-order valence-electron chi connectivity index (χ3n) is 5.68. The lowest BCUT2D eigenvalue weighted by Gasteiger charge is -2.34. The largest absolute Gasteiger partial charge is 0.493 e. The second kappa shape index (κ2) is 9.86. The van der Waals surface area contributed by atoms with Crippen LogP contribution in [-0.2, 0) is 10.0 Å². The number of aryl methyl sites for hydroxylation is 2. The average Bonchev–Trinajstić information content (AvgIpc) is 2.84. The van der Waals surface area contributed by atoms with Gasteiger partial charge in [0.15, 0.2) is 11.5 Å². The van der Waals surface area contributed by atoms with Crippen LogP contribution in [0.15, 0.2) is 53.4 Å². The van der Waals surface area contributed by atoms with Gasteiger partial charge >= 0.3 is 0 Å². The molecule has 2 aromatic carbocycles. The number of benzene rings is 2. The van der Waals surface area contributed by atoms with E-state index in [2.05, 4.69) is 15.3 Å². The monoisotopic (exact) mass is 483 g/mol. The number of hydrogen-bond acceptors (Lipinski definition) is 8. The normalized spacial score (nSPS) is 14.6. The van der Waals surface area contributed by atoms with Crippen molar-refractivity contribution < 1.29 is 17.9 Å². The standard InChI is InChI=1S/C24H29N5O4S/c1-17-5-7-19(8-6-17)26-23-15-18(2)25-24(27-23)28-11-13-29(14-12-28)34(30,31)20-9-10-21(32-3)22(16-20)33-4/h5-10,15-16H,11-14H2,1-4H3,(H,25,26,27). The van der Waals surface area contributed by atoms with Gasteiger partial charge in [0.1, 0.15) is 5.82 Å². The molecule has 180 valence electrons. The molecule has 1 aliphatic heterocycles. The number of ether oxygens (including phenoxy) is 2. The van der Waals surface area contributed by atoms with Crippen LogP contribution in [0.25, 0.3) is 0 Å². The first-order valence-electron chi connectivity index (χ1n) is 11.0. The van der Waals surface area contributed by atoms with Crippen LogP contribution < -0.4 is 19.7 Å². The molecule has 0 spiro atoms. The van der Waals surface area contributed by atoms with E-state index in [4.69, 9.17) is 9.47 Å². The predicted molar refractivity (Wildman–Crippen MR) is 132 cm³/mol. The Labute approximate surface area is 200 Å². The SMILES string of the molecule is COc1ccc(S(=O)(=O)N2CCN(c3nc(C)cc(Nc4ccc(C)cc4)n3)CC2)cc1OC. The van der Waals surface area contributed by atoms with Crippen LogP contribution in [0, 0.1) is 13.8 Å². The zero-order valence-corrected chi connectivity index (χ0v) is 20.6. The van der Waals surface area contributed by atoms with E-state index < -0.39 is 10.0 Å². The summed E-state index contributed by atoms with van der Waals surface area (Å²) in [5.41, 5.74) is 2.96. The van der Waals surface area contributed by atoms with Crippen LogP contribution in [0.2, 0.25) is 0 Å². The van der Waals surface area contributed by atoms with Gasteiger partial charge in [0, 0.05) is 49.7 Å². The summed E-state index contributed by atoms with van der Waals surface area (Å²) in [5.74, 6) is 2.14. The summed E-state index contributed by atoms with van der Waals surface area (Å²) < 4.78 is 38.4. The van der Waals surface area contributed by atoms with E-state index in [0.717, 1.165) is 11.4 Å². The average molecular weight is 484 g/mol. The van der Waals surface area contributed by atoms with Gasteiger partial charge in [-0.1, -0.05) is 17.7 Å². The molecule has 2 heterocycles. The summed E-state index contributed by atoms with van der Waals surface area (Å²) in [4.78, 5) is 11.4. The molecule has 4 rings (SSSR count). The van der Waals surface area contributed by atoms with Gasteiger partial charge in [-0.15, -0.1) is 0 Å². The smallest absolute Gasteiger partial charge is 0.243 e. The van der Waals surface area contributed by atoms with Crippen LogP contribution in [0.5, 0.6) is 11.5 Å². The molecule has 0 aliphatic carbocycles. The molecule has 34 heavy (non-hydrogen) atoms. The van der Waals surface area contributed by atoms with Gasteiger partial charge in [-0.05, 0) is 38.1 Å². The predicted octanol–water partition coefficient (Wildman–Crippen LogP) is 3.37. The summed E-state index contributed by atoms with van der Waals surface area (Å²) in [5, 5.41) is 3.32. The Morgan fingerprint density at radius 3 is 2.18 bits per heavy atom. The summed E-state index contributed by atoms with van der Waals surface area (Å²) in [6.07, 6.45) is 0. The molecule has 1 fully saturated rings. The summed E-state index contributed by atoms with van der Waals surface area (Å²) >= 11 is 0. The quantitative estimate of drug-likeness (QED) is 0.546. The second-order valence-corrected chi connectivity index (χ2v) is 10.0. The molecule has 3 aromatic rings. The Hall–Kier alpha value is -3.37. The lowest BCUT2D eigenvalue weighted by molar-refractivity contribution is 0.353. The highest BCUT2D eigenvalue weighted by atomic mass is 32.2. The number of piperazine rings is 1. The maximum absolute atomic E-state index is 13.2. The molecule has 10 heteroatoms. The first-order chi connectivity index (χ1) is 16.3. The van der Waals surface area contributed by atoms with Crippen LogP contribution in [0.1, 0.15) is 11.3 Å². The Balaban J connectivity index is 1.47. The van der Waals surface area contributed by atoms with Crippen LogP contribution >= 0.6 is 0 Å². The van der Waals surface area contributed by atoms with Crippen LogP contribution in [-0.4, -0.2) is 63.1 Å². The topological polar surface area (TPSA) is 96.9 Å². The fourth-order valence-electron chi connectivity index (χ4n) is 3.80. The van der Waals surface area contributed by atoms with E-state index in [0.29, 0.717) is 49.4 Å². The number of sulfonamides is 1. The molecule has 0 radical (unpaired) electrons. The summed E-state index contributed by atoms with van der Waals surface area (Å²) in [7, 11) is -0.671. The molecule has 1 N–H and O–H groups in total. The zero-order chi connectivity index (χ0) is 24.3. The van der Waals surface area contributed by atoms with E-state index in [1.165, 1.54) is 36.2 Å². The van der Waals surface area contributed by atoms with E-state index in [-0.39, 0.29) is 4.90 Å². The highest BCUT2D eigenvalue weighted by Crippen LogP contribution is 2.31. The van der Waals surface area contributed by atoms with Gasteiger partial charge in [0.25, 0.3) is 0 Å². The van der Waals surface area contributed by atoms with Gasteiger partial charge in [-0.3, -0.25) is 0 Å². The highest BCUT2D eigenvalue weighted by Gasteiger charge is 2.30. The van der Waals surface area contributed by atoms with E-state index in [9.17, 15) is 8.42 Å². The fraction of sp³-hybridized carbons (Fsp3) is 0.333. The van der Waals surface area contributed by atoms with Crippen molar-refractivity contribution in [2.24, 2.45) is 0 Å². The molecular weight excluding hydrogens is 454 g/mol. The molecule has 9 nitrogen and oxygen atoms in total. The molecular formula is C24H29N5O4S. The molecule has 0 bridgehead atoms. The van der Waals surface area contributed by atoms with Gasteiger partial charge in [0.2, 0.25) is 16.0 Å². The number of nitrogens with one attached hydrogen (secondary N) is 1. The highest BCUT2D eigenvalue weighted by molar-refractivity contribution is 7.89. The molecule has 0 saturated carbocycles. The Kier molecular flexibility index (Phi) is 6.90. The lowest BCUT2D eigenvalue weighted by Crippen LogP contribution is -2.49. The van der Waals surface area contributed by atoms with Crippen molar-refractivity contribution in [1.82, 2.24) is 14.3 Å². The first-order valence-corrected chi connectivity index (χ1v) is 12.4. The van der Waals surface area contributed by atoms with E-state index in [1.54, 1.807) is 6.07 Å². The molecule has 1 aliphatic rings. The number of anilines is 3. The number of rotatable bonds is 7. The fourth-order valence-corrected chi connectivity index (χ4v) is 5.24. The minimum absolute atomic E-state index is 0.176. The summed E-state index contributed by atoms with van der Waals surface area (Å²) in [6, 6.07) is 14.6. The van der Waals surface area contributed by atoms with Gasteiger partial charge in [0.05, 0.1) is 19.1 Å². The maximum Gasteiger partial charge on any atom is 0.243 e. The Bertz CT molecular complexity index is 1260. The second-order valence-electron chi connectivity index (χ2n) is 8.09. The lowest BCUT2D eigenvalue weighted by atomic mass is 10.2. The van der Waals surface area contributed by atoms with Gasteiger partial charge in [-0.2, -0.15) is 9.29 Å². The van der Waals surface area contributed by atoms with Crippen molar-refractivity contribution in [2.75, 3.05) is 50.6 Å². The first kappa shape index (κ1) is 23.8. The maximum atomic E-state index is 13.2. The van der Waals surface area contributed by atoms with Gasteiger partial charge in [-0.25, -0.2) is 13.4 Å². The molecule has 0 atom stereocenters. The van der Waals surface area contributed by atoms with E-state index >= 15 is 0 Å². The minimum Gasteiger partial charge on any atom is -0.493 e. The van der Waals surface area contributed by atoms with Gasteiger partial charge < -0.3 is 19.7 Å². The molecule has 0 unspecified atom stereocenters. The molecule has 0 amide bonds. The number of nitrogens with zero attached hydrogens (tertiary/aromatic N) is 4. The Morgan fingerprint density at radius 1 is 0.853 bits per heavy atom. The van der Waals surface area contributed by atoms with Crippen LogP contribution in [0.3, 0.4) is 0 Å². The van der Waals surface area contributed by atoms with Crippen molar-refractivity contribution in [2.45, 2.75) is 18.7 Å². The van der Waals surface area contributed by atoms with Crippen LogP contribution in [0.4, 0.5) is 17.5 Å². The molecule has 1 saturated heterocycles. The zero-order valence-electron chi connectivity index (χ0n) is 19.8. The van der Waals surface area contributed by atoms with Crippen molar-refractivity contribution in [3.8, 4) is 11.5 Å². The van der Waals surface area contributed by atoms with Crippen molar-refractivity contribution >= 4 is 27.5 Å². The number of aromatic nitrogens is 2. The van der Waals surface area contributed by atoms with Crippen molar-refractivity contribution in [1.29, 1.82) is 0 Å². The number of hydrogen-bond donors (Lipinski definition) is 1. The molecule has 1 aromatic heterocycles. The third kappa shape index (κ3) is 5.07. The summed E-state index contributed by atoms with van der Waals surface area (Å²) in [6.45, 7) is 5.59. The van der Waals surface area contributed by atoms with Crippen molar-refractivity contribution in [3.05, 3.63) is 59.8 Å². The third-order valence-corrected chi connectivity index (χ3v) is 7.58. The van der Waals surface area contributed by atoms with E-state index in [1.807, 2.05) is 49.1 Å². The minimum atomic E-state index is -3.67. The number of methoxy groups -OCH3 is 2. The Morgan fingerprint density at radius 2 is 1.53 bits per heavy atom. The van der Waals surface area contributed by atoms with Crippen molar-refractivity contribution in [3.63, 3.8) is 0 Å².